The number of ether oxygens (including phenoxy) is 1. The largest absolute Gasteiger partial charge is 0.447 e. The van der Waals surface area contributed by atoms with Gasteiger partial charge in [0.05, 0.1) is 6.61 Å². The van der Waals surface area contributed by atoms with E-state index in [9.17, 15) is 5.11 Å². The van der Waals surface area contributed by atoms with Crippen molar-refractivity contribution in [2.24, 2.45) is 0 Å². The maximum Gasteiger partial charge on any atom is 0.172 e. The van der Waals surface area contributed by atoms with E-state index in [-0.39, 0.29) is 0 Å². The van der Waals surface area contributed by atoms with Gasteiger partial charge in [0.15, 0.2) is 5.60 Å². The zero-order valence-corrected chi connectivity index (χ0v) is 17.1. The van der Waals surface area contributed by atoms with Crippen LogP contribution in [0.1, 0.15) is 31.9 Å². The van der Waals surface area contributed by atoms with E-state index in [1.807, 2.05) is 81.5 Å². The molecular formula is C23H22Cl2O2. The highest BCUT2D eigenvalue weighted by atomic mass is 35.5. The molecule has 2 nitrogen and oxygen atoms in total. The smallest absolute Gasteiger partial charge is 0.172 e. The van der Waals surface area contributed by atoms with Crippen molar-refractivity contribution in [1.82, 2.24) is 0 Å². The summed E-state index contributed by atoms with van der Waals surface area (Å²) in [6, 6.07) is 14.8. The van der Waals surface area contributed by atoms with E-state index in [2.05, 4.69) is 12.0 Å². The molecule has 0 saturated carbocycles. The molecule has 2 aromatic carbocycles. The van der Waals surface area contributed by atoms with E-state index in [1.165, 1.54) is 0 Å². The lowest BCUT2D eigenvalue weighted by molar-refractivity contribution is 0.178. The Bertz CT molecular complexity index is 821. The van der Waals surface area contributed by atoms with Gasteiger partial charge < -0.3 is 9.84 Å². The van der Waals surface area contributed by atoms with E-state index in [1.54, 1.807) is 0 Å². The maximum atomic E-state index is 11.4. The first-order valence-corrected chi connectivity index (χ1v) is 9.35. The first-order chi connectivity index (χ1) is 12.8. The van der Waals surface area contributed by atoms with Gasteiger partial charge in [0.25, 0.3) is 0 Å². The molecule has 0 aliphatic heterocycles. The summed E-state index contributed by atoms with van der Waals surface area (Å²) < 4.78 is 5.15. The molecule has 2 aromatic rings. The van der Waals surface area contributed by atoms with Crippen LogP contribution in [0.4, 0.5) is 0 Å². The van der Waals surface area contributed by atoms with Crippen LogP contribution in [0, 0.1) is 12.0 Å². The minimum absolute atomic E-state index is 0.447. The number of halogens is 2. The SMILES string of the molecule is CCOC#CC(O)(/C(C)=C/c1ccc(Cl)cc1)/C(C)=C/c1ccc(Cl)cc1. The van der Waals surface area contributed by atoms with Gasteiger partial charge in [-0.2, -0.15) is 0 Å². The monoisotopic (exact) mass is 400 g/mol. The Morgan fingerprint density at radius 3 is 1.70 bits per heavy atom. The Morgan fingerprint density at radius 2 is 1.33 bits per heavy atom. The minimum Gasteiger partial charge on any atom is -0.447 e. The maximum absolute atomic E-state index is 11.4. The molecule has 1 N–H and O–H groups in total. The quantitative estimate of drug-likeness (QED) is 0.602. The minimum atomic E-state index is -1.46. The second-order valence-electron chi connectivity index (χ2n) is 6.13. The predicted octanol–water partition coefficient (Wildman–Crippen LogP) is 6.23. The molecule has 140 valence electrons. The van der Waals surface area contributed by atoms with Gasteiger partial charge in [-0.3, -0.25) is 0 Å². The Hall–Kier alpha value is -2.18. The van der Waals surface area contributed by atoms with Gasteiger partial charge >= 0.3 is 0 Å². The molecule has 0 unspecified atom stereocenters. The van der Waals surface area contributed by atoms with Crippen LogP contribution in [0.15, 0.2) is 59.7 Å². The zero-order valence-electron chi connectivity index (χ0n) is 15.6. The number of rotatable bonds is 5. The van der Waals surface area contributed by atoms with Crippen molar-refractivity contribution in [3.05, 3.63) is 80.8 Å². The van der Waals surface area contributed by atoms with Crippen molar-refractivity contribution in [3.63, 3.8) is 0 Å². The summed E-state index contributed by atoms with van der Waals surface area (Å²) in [7, 11) is 0. The molecule has 0 aliphatic carbocycles. The Labute approximate surface area is 171 Å². The lowest BCUT2D eigenvalue weighted by atomic mass is 9.86. The zero-order chi connectivity index (χ0) is 19.9. The lowest BCUT2D eigenvalue weighted by Gasteiger charge is -2.25. The Kier molecular flexibility index (Phi) is 7.56. The molecule has 0 bridgehead atoms. The fourth-order valence-electron chi connectivity index (χ4n) is 2.52. The highest BCUT2D eigenvalue weighted by molar-refractivity contribution is 6.30. The van der Waals surface area contributed by atoms with Gasteiger partial charge in [-0.15, -0.1) is 0 Å². The molecule has 0 radical (unpaired) electrons. The summed E-state index contributed by atoms with van der Waals surface area (Å²) in [6.07, 6.45) is 6.37. The van der Waals surface area contributed by atoms with E-state index in [4.69, 9.17) is 27.9 Å². The summed E-state index contributed by atoms with van der Waals surface area (Å²) in [5.74, 6) is 2.85. The third kappa shape index (κ3) is 5.91. The molecule has 27 heavy (non-hydrogen) atoms. The topological polar surface area (TPSA) is 29.5 Å². The fraction of sp³-hybridized carbons (Fsp3) is 0.217. The van der Waals surface area contributed by atoms with Gasteiger partial charge in [-0.25, -0.2) is 0 Å². The first-order valence-electron chi connectivity index (χ1n) is 8.60. The molecule has 0 atom stereocenters. The van der Waals surface area contributed by atoms with Crippen LogP contribution in [-0.2, 0) is 4.74 Å². The standard InChI is InChI=1S/C23H22Cl2O2/c1-4-27-14-13-23(26,17(2)15-19-5-9-21(24)10-6-19)18(3)16-20-7-11-22(25)12-8-20/h5-12,15-16,26H,4H2,1-3H3/b17-15+,18-16+. The van der Waals surface area contributed by atoms with Gasteiger partial charge in [0.2, 0.25) is 0 Å². The predicted molar refractivity (Wildman–Crippen MR) is 115 cm³/mol. The van der Waals surface area contributed by atoms with Crippen molar-refractivity contribution < 1.29 is 9.84 Å². The van der Waals surface area contributed by atoms with Crippen LogP contribution in [0.25, 0.3) is 12.2 Å². The summed E-state index contributed by atoms with van der Waals surface area (Å²) in [4.78, 5) is 0. The molecule has 0 aromatic heterocycles. The van der Waals surface area contributed by atoms with Crippen molar-refractivity contribution in [1.29, 1.82) is 0 Å². The molecular weight excluding hydrogens is 379 g/mol. The van der Waals surface area contributed by atoms with E-state index in [0.29, 0.717) is 27.8 Å². The van der Waals surface area contributed by atoms with Gasteiger partial charge in [0, 0.05) is 10.0 Å². The molecule has 4 heteroatoms. The molecule has 0 amide bonds. The molecule has 0 spiro atoms. The normalized spacial score (nSPS) is 12.4. The van der Waals surface area contributed by atoms with Crippen molar-refractivity contribution >= 4 is 35.4 Å². The average Bonchev–Trinajstić information content (AvgIpc) is 2.65. The van der Waals surface area contributed by atoms with Crippen molar-refractivity contribution in [3.8, 4) is 12.0 Å². The number of hydrogen-bond donors (Lipinski definition) is 1. The Morgan fingerprint density at radius 1 is 0.926 bits per heavy atom. The summed E-state index contributed by atoms with van der Waals surface area (Å²) in [5.41, 5.74) is 1.74. The fourth-order valence-corrected chi connectivity index (χ4v) is 2.77. The van der Waals surface area contributed by atoms with Crippen LogP contribution in [0.3, 0.4) is 0 Å². The van der Waals surface area contributed by atoms with Crippen LogP contribution < -0.4 is 0 Å². The molecule has 2 rings (SSSR count). The molecule has 0 saturated heterocycles. The Balaban J connectivity index is 2.45. The number of aliphatic hydroxyl groups is 1. The van der Waals surface area contributed by atoms with Crippen molar-refractivity contribution in [2.75, 3.05) is 6.61 Å². The molecule has 0 heterocycles. The van der Waals surface area contributed by atoms with Gasteiger partial charge in [-0.1, -0.05) is 59.6 Å². The van der Waals surface area contributed by atoms with E-state index >= 15 is 0 Å². The second-order valence-corrected chi connectivity index (χ2v) is 7.00. The third-order valence-electron chi connectivity index (χ3n) is 4.10. The summed E-state index contributed by atoms with van der Waals surface area (Å²) in [5, 5.41) is 12.7. The second kappa shape index (κ2) is 9.67. The first kappa shape index (κ1) is 21.1. The summed E-state index contributed by atoms with van der Waals surface area (Å²) in [6.45, 7) is 5.98. The van der Waals surface area contributed by atoms with Crippen LogP contribution >= 0.6 is 23.2 Å². The van der Waals surface area contributed by atoms with E-state index in [0.717, 1.165) is 11.1 Å². The van der Waals surface area contributed by atoms with Crippen LogP contribution in [-0.4, -0.2) is 17.3 Å². The highest BCUT2D eigenvalue weighted by Gasteiger charge is 2.29. The molecule has 0 fully saturated rings. The van der Waals surface area contributed by atoms with Crippen LogP contribution in [0.2, 0.25) is 10.0 Å². The van der Waals surface area contributed by atoms with Gasteiger partial charge in [0.1, 0.15) is 6.11 Å². The van der Waals surface area contributed by atoms with Crippen LogP contribution in [0.5, 0.6) is 0 Å². The third-order valence-corrected chi connectivity index (χ3v) is 4.60. The van der Waals surface area contributed by atoms with Gasteiger partial charge in [-0.05, 0) is 73.2 Å². The highest BCUT2D eigenvalue weighted by Crippen LogP contribution is 2.29. The van der Waals surface area contributed by atoms with Crippen molar-refractivity contribution in [2.45, 2.75) is 26.4 Å². The average molecular weight is 401 g/mol. The van der Waals surface area contributed by atoms with E-state index < -0.39 is 5.60 Å². The summed E-state index contributed by atoms with van der Waals surface area (Å²) >= 11 is 11.9. The molecule has 0 aliphatic rings. The number of hydrogen-bond acceptors (Lipinski definition) is 2. The number of benzene rings is 2. The lowest BCUT2D eigenvalue weighted by Crippen LogP contribution is -2.29.